The maximum absolute atomic E-state index is 13.0. The summed E-state index contributed by atoms with van der Waals surface area (Å²) in [5.74, 6) is -0.118. The Kier molecular flexibility index (Phi) is 5.48. The molecule has 0 N–H and O–H groups in total. The molecule has 1 aliphatic heterocycles. The summed E-state index contributed by atoms with van der Waals surface area (Å²) in [5, 5.41) is 0. The number of alkyl halides is 3. The van der Waals surface area contributed by atoms with Gasteiger partial charge in [0.15, 0.2) is 0 Å². The fourth-order valence-electron chi connectivity index (χ4n) is 3.65. The van der Waals surface area contributed by atoms with E-state index in [-0.39, 0.29) is 11.8 Å². The van der Waals surface area contributed by atoms with Crippen molar-refractivity contribution in [1.29, 1.82) is 0 Å². The Balaban J connectivity index is 1.56. The number of carbonyl (C=O) groups excluding carboxylic acids is 1. The van der Waals surface area contributed by atoms with Crippen LogP contribution in [0.4, 0.5) is 13.2 Å². The average molecular weight is 412 g/mol. The smallest absolute Gasteiger partial charge is 0.338 e. The minimum Gasteiger partial charge on any atom is -0.338 e. The minimum absolute atomic E-state index is 0.0300. The summed E-state index contributed by atoms with van der Waals surface area (Å²) >= 11 is 0. The first-order chi connectivity index (χ1) is 14.4. The average Bonchev–Trinajstić information content (AvgIpc) is 2.79. The van der Waals surface area contributed by atoms with Crippen molar-refractivity contribution < 1.29 is 18.0 Å². The van der Waals surface area contributed by atoms with Crippen LogP contribution in [0.2, 0.25) is 0 Å². The summed E-state index contributed by atoms with van der Waals surface area (Å²) in [7, 11) is 0. The Labute approximate surface area is 171 Å². The molecule has 8 heteroatoms. The van der Waals surface area contributed by atoms with Gasteiger partial charge in [0.1, 0.15) is 0 Å². The normalized spacial score (nSPS) is 17.0. The molecular weight excluding hydrogens is 393 g/mol. The van der Waals surface area contributed by atoms with E-state index in [4.69, 9.17) is 0 Å². The third-order valence-electron chi connectivity index (χ3n) is 5.17. The standard InChI is InChI=1S/C22H19F3N4O/c23-22(24,25)18-7-1-4-15(10-18)19-12-27-13-20(28-19)17-6-3-9-29(14-17)21(30)16-5-2-8-26-11-16/h1-2,4-5,7-8,10-13,17H,3,6,9,14H2. The Bertz CT molecular complexity index is 1040. The molecule has 4 rings (SSSR count). The van der Waals surface area contributed by atoms with Gasteiger partial charge in [0, 0.05) is 43.2 Å². The molecule has 0 radical (unpaired) electrons. The van der Waals surface area contributed by atoms with Crippen LogP contribution in [-0.2, 0) is 6.18 Å². The summed E-state index contributed by atoms with van der Waals surface area (Å²) in [6.45, 7) is 1.12. The number of aromatic nitrogens is 3. The Hall–Kier alpha value is -3.29. The van der Waals surface area contributed by atoms with E-state index in [0.717, 1.165) is 25.0 Å². The van der Waals surface area contributed by atoms with Gasteiger partial charge in [-0.05, 0) is 37.1 Å². The number of halogens is 3. The van der Waals surface area contributed by atoms with Crippen LogP contribution in [0.1, 0.15) is 40.4 Å². The third-order valence-corrected chi connectivity index (χ3v) is 5.17. The van der Waals surface area contributed by atoms with Crippen molar-refractivity contribution in [2.24, 2.45) is 0 Å². The van der Waals surface area contributed by atoms with E-state index in [0.29, 0.717) is 35.6 Å². The van der Waals surface area contributed by atoms with E-state index in [9.17, 15) is 18.0 Å². The summed E-state index contributed by atoms with van der Waals surface area (Å²) in [5.41, 5.74) is 1.22. The number of hydrogen-bond acceptors (Lipinski definition) is 4. The number of nitrogens with zero attached hydrogens (tertiary/aromatic N) is 4. The highest BCUT2D eigenvalue weighted by Crippen LogP contribution is 2.32. The maximum atomic E-state index is 13.0. The predicted octanol–water partition coefficient (Wildman–Crippen LogP) is 4.58. The van der Waals surface area contributed by atoms with Gasteiger partial charge < -0.3 is 4.90 Å². The van der Waals surface area contributed by atoms with Crippen molar-refractivity contribution in [3.8, 4) is 11.3 Å². The molecule has 154 valence electrons. The summed E-state index contributed by atoms with van der Waals surface area (Å²) in [4.78, 5) is 27.3. The molecule has 2 aromatic heterocycles. The van der Waals surface area contributed by atoms with Crippen LogP contribution < -0.4 is 0 Å². The lowest BCUT2D eigenvalue weighted by Gasteiger charge is -2.32. The topological polar surface area (TPSA) is 59.0 Å². The molecule has 0 aliphatic carbocycles. The first-order valence-corrected chi connectivity index (χ1v) is 9.61. The molecule has 1 unspecified atom stereocenters. The molecule has 30 heavy (non-hydrogen) atoms. The molecule has 0 spiro atoms. The predicted molar refractivity (Wildman–Crippen MR) is 105 cm³/mol. The van der Waals surface area contributed by atoms with Gasteiger partial charge in [-0.15, -0.1) is 0 Å². The lowest BCUT2D eigenvalue weighted by molar-refractivity contribution is -0.137. The second-order valence-corrected chi connectivity index (χ2v) is 7.24. The fraction of sp³-hybridized carbons (Fsp3) is 0.273. The molecule has 1 aliphatic rings. The molecular formula is C22H19F3N4O. The van der Waals surface area contributed by atoms with Crippen molar-refractivity contribution in [3.05, 3.63) is 78.0 Å². The molecule has 5 nitrogen and oxygen atoms in total. The van der Waals surface area contributed by atoms with Crippen molar-refractivity contribution in [2.45, 2.75) is 24.9 Å². The van der Waals surface area contributed by atoms with E-state index in [1.165, 1.54) is 12.3 Å². The number of benzene rings is 1. The zero-order valence-electron chi connectivity index (χ0n) is 16.0. The second-order valence-electron chi connectivity index (χ2n) is 7.24. The van der Waals surface area contributed by atoms with E-state index in [2.05, 4.69) is 15.0 Å². The van der Waals surface area contributed by atoms with E-state index in [1.807, 2.05) is 0 Å². The van der Waals surface area contributed by atoms with Crippen LogP contribution in [-0.4, -0.2) is 38.8 Å². The van der Waals surface area contributed by atoms with Gasteiger partial charge in [0.25, 0.3) is 5.91 Å². The molecule has 3 aromatic rings. The van der Waals surface area contributed by atoms with Crippen molar-refractivity contribution in [1.82, 2.24) is 19.9 Å². The van der Waals surface area contributed by atoms with Crippen LogP contribution in [0.5, 0.6) is 0 Å². The number of likely N-dealkylation sites (tertiary alicyclic amines) is 1. The monoisotopic (exact) mass is 412 g/mol. The van der Waals surface area contributed by atoms with Gasteiger partial charge >= 0.3 is 6.18 Å². The summed E-state index contributed by atoms with van der Waals surface area (Å²) < 4.78 is 39.1. The minimum atomic E-state index is -4.42. The molecule has 0 bridgehead atoms. The van der Waals surface area contributed by atoms with E-state index < -0.39 is 11.7 Å². The lowest BCUT2D eigenvalue weighted by atomic mass is 9.94. The third kappa shape index (κ3) is 4.32. The quantitative estimate of drug-likeness (QED) is 0.632. The Morgan fingerprint density at radius 1 is 1.07 bits per heavy atom. The van der Waals surface area contributed by atoms with Crippen molar-refractivity contribution >= 4 is 5.91 Å². The molecule has 3 heterocycles. The van der Waals surface area contributed by atoms with Crippen LogP contribution in [0.25, 0.3) is 11.3 Å². The van der Waals surface area contributed by atoms with Gasteiger partial charge in [-0.2, -0.15) is 13.2 Å². The first kappa shape index (κ1) is 20.0. The first-order valence-electron chi connectivity index (χ1n) is 9.61. The molecule has 1 saturated heterocycles. The molecule has 1 atom stereocenters. The molecule has 0 saturated carbocycles. The Morgan fingerprint density at radius 3 is 2.70 bits per heavy atom. The highest BCUT2D eigenvalue weighted by atomic mass is 19.4. The number of hydrogen-bond donors (Lipinski definition) is 0. The highest BCUT2D eigenvalue weighted by Gasteiger charge is 2.31. The summed E-state index contributed by atoms with van der Waals surface area (Å²) in [6, 6.07) is 8.51. The second kappa shape index (κ2) is 8.22. The zero-order chi connectivity index (χ0) is 21.1. The van der Waals surface area contributed by atoms with Gasteiger partial charge in [-0.1, -0.05) is 12.1 Å². The van der Waals surface area contributed by atoms with Gasteiger partial charge in [-0.3, -0.25) is 14.8 Å². The van der Waals surface area contributed by atoms with E-state index in [1.54, 1.807) is 41.7 Å². The fourth-order valence-corrected chi connectivity index (χ4v) is 3.65. The van der Waals surface area contributed by atoms with Crippen LogP contribution in [0.3, 0.4) is 0 Å². The number of carbonyl (C=O) groups is 1. The number of pyridine rings is 1. The largest absolute Gasteiger partial charge is 0.416 e. The maximum Gasteiger partial charge on any atom is 0.416 e. The van der Waals surface area contributed by atoms with Crippen LogP contribution >= 0.6 is 0 Å². The Morgan fingerprint density at radius 2 is 1.93 bits per heavy atom. The van der Waals surface area contributed by atoms with Gasteiger partial charge in [0.2, 0.25) is 0 Å². The van der Waals surface area contributed by atoms with Crippen molar-refractivity contribution in [2.75, 3.05) is 13.1 Å². The van der Waals surface area contributed by atoms with E-state index >= 15 is 0 Å². The van der Waals surface area contributed by atoms with Crippen LogP contribution in [0.15, 0.2) is 61.2 Å². The highest BCUT2D eigenvalue weighted by molar-refractivity contribution is 5.94. The number of rotatable bonds is 3. The van der Waals surface area contributed by atoms with Gasteiger partial charge in [0.05, 0.1) is 28.7 Å². The molecule has 1 amide bonds. The number of amides is 1. The van der Waals surface area contributed by atoms with Crippen molar-refractivity contribution in [3.63, 3.8) is 0 Å². The zero-order valence-corrected chi connectivity index (χ0v) is 16.0. The SMILES string of the molecule is O=C(c1cccnc1)N1CCCC(c2cncc(-c3cccc(C(F)(F)F)c3)n2)C1. The summed E-state index contributed by atoms with van der Waals surface area (Å²) in [6.07, 6.45) is 3.46. The molecule has 1 aromatic carbocycles. The number of piperidine rings is 1. The molecule has 1 fully saturated rings. The van der Waals surface area contributed by atoms with Crippen LogP contribution in [0, 0.1) is 0 Å². The lowest BCUT2D eigenvalue weighted by Crippen LogP contribution is -2.39. The van der Waals surface area contributed by atoms with Gasteiger partial charge in [-0.25, -0.2) is 4.98 Å².